The normalized spacial score (nSPS) is 17.6. The number of piperidine rings is 1. The number of rotatable bonds is 6. The van der Waals surface area contributed by atoms with Crippen LogP contribution in [-0.4, -0.2) is 36.0 Å². The molecule has 0 aliphatic carbocycles. The minimum absolute atomic E-state index is 0. The fourth-order valence-corrected chi connectivity index (χ4v) is 3.49. The van der Waals surface area contributed by atoms with Crippen molar-refractivity contribution in [2.45, 2.75) is 37.9 Å². The third kappa shape index (κ3) is 7.23. The van der Waals surface area contributed by atoms with Crippen LogP contribution >= 0.6 is 24.8 Å². The summed E-state index contributed by atoms with van der Waals surface area (Å²) in [5.74, 6) is -1.26. The highest BCUT2D eigenvalue weighted by atomic mass is 35.5. The van der Waals surface area contributed by atoms with Crippen LogP contribution in [0.15, 0.2) is 48.5 Å². The maximum atomic E-state index is 13.9. The third-order valence-electron chi connectivity index (χ3n) is 4.93. The van der Waals surface area contributed by atoms with E-state index in [1.165, 1.54) is 18.2 Å². The zero-order valence-corrected chi connectivity index (χ0v) is 17.7. The fraction of sp³-hybridized carbons (Fsp3) is 0.381. The first-order chi connectivity index (χ1) is 13.0. The molecule has 4 nitrogen and oxygen atoms in total. The summed E-state index contributed by atoms with van der Waals surface area (Å²) < 4.78 is 27.7. The monoisotopic (exact) mass is 445 g/mol. The fourth-order valence-electron chi connectivity index (χ4n) is 3.49. The van der Waals surface area contributed by atoms with E-state index in [1.54, 1.807) is 0 Å². The Morgan fingerprint density at radius 3 is 2.41 bits per heavy atom. The number of carbonyl (C=O) groups excluding carboxylic acids is 1. The van der Waals surface area contributed by atoms with Crippen molar-refractivity contribution in [2.75, 3.05) is 13.1 Å². The summed E-state index contributed by atoms with van der Waals surface area (Å²) in [6.07, 6.45) is 2.17. The quantitative estimate of drug-likeness (QED) is 0.715. The van der Waals surface area contributed by atoms with Gasteiger partial charge < -0.3 is 11.1 Å². The summed E-state index contributed by atoms with van der Waals surface area (Å²) >= 11 is 0. The molecule has 1 heterocycles. The van der Waals surface area contributed by atoms with Crippen LogP contribution in [-0.2, 0) is 17.8 Å². The first-order valence-electron chi connectivity index (χ1n) is 9.28. The largest absolute Gasteiger partial charge is 0.351 e. The Bertz CT molecular complexity index is 760. The van der Waals surface area contributed by atoms with Gasteiger partial charge in [0.2, 0.25) is 5.91 Å². The summed E-state index contributed by atoms with van der Waals surface area (Å²) in [5, 5.41) is 2.99. The van der Waals surface area contributed by atoms with Crippen LogP contribution in [0.3, 0.4) is 0 Å². The van der Waals surface area contributed by atoms with Gasteiger partial charge in [0.05, 0.1) is 6.04 Å². The van der Waals surface area contributed by atoms with Crippen LogP contribution in [0.2, 0.25) is 0 Å². The number of nitrogens with zero attached hydrogens (tertiary/aromatic N) is 1. The van der Waals surface area contributed by atoms with E-state index >= 15 is 0 Å². The zero-order chi connectivity index (χ0) is 19.2. The SMILES string of the molecule is Cl.Cl.NC(Cc1ccccc1)C(=O)NC1CCCN(Cc2c(F)cccc2F)C1. The van der Waals surface area contributed by atoms with Gasteiger partial charge in [0.15, 0.2) is 0 Å². The molecule has 2 aromatic rings. The average Bonchev–Trinajstić information content (AvgIpc) is 2.66. The van der Waals surface area contributed by atoms with Crippen molar-refractivity contribution in [1.82, 2.24) is 10.2 Å². The van der Waals surface area contributed by atoms with Crippen molar-refractivity contribution >= 4 is 30.7 Å². The molecule has 1 amide bonds. The maximum absolute atomic E-state index is 13.9. The molecule has 8 heteroatoms. The molecule has 0 spiro atoms. The number of nitrogens with one attached hydrogen (secondary N) is 1. The lowest BCUT2D eigenvalue weighted by Gasteiger charge is -2.33. The molecular formula is C21H27Cl2F2N3O. The first-order valence-corrected chi connectivity index (χ1v) is 9.28. The summed E-state index contributed by atoms with van der Waals surface area (Å²) in [6, 6.07) is 12.9. The van der Waals surface area contributed by atoms with E-state index in [0.29, 0.717) is 13.0 Å². The van der Waals surface area contributed by atoms with Crippen molar-refractivity contribution in [3.8, 4) is 0 Å². The Labute approximate surface area is 182 Å². The topological polar surface area (TPSA) is 58.4 Å². The van der Waals surface area contributed by atoms with E-state index < -0.39 is 17.7 Å². The van der Waals surface area contributed by atoms with E-state index in [4.69, 9.17) is 5.73 Å². The van der Waals surface area contributed by atoms with Gasteiger partial charge >= 0.3 is 0 Å². The van der Waals surface area contributed by atoms with Crippen molar-refractivity contribution in [3.63, 3.8) is 0 Å². The summed E-state index contributed by atoms with van der Waals surface area (Å²) in [5.41, 5.74) is 7.13. The van der Waals surface area contributed by atoms with Crippen LogP contribution in [0.25, 0.3) is 0 Å². The second-order valence-corrected chi connectivity index (χ2v) is 7.08. The van der Waals surface area contributed by atoms with Gasteiger partial charge in [0, 0.05) is 24.7 Å². The molecule has 1 fully saturated rings. The summed E-state index contributed by atoms with van der Waals surface area (Å²) in [4.78, 5) is 14.4. The highest BCUT2D eigenvalue weighted by Gasteiger charge is 2.25. The number of halogens is 4. The van der Waals surface area contributed by atoms with Crippen molar-refractivity contribution in [2.24, 2.45) is 5.73 Å². The molecule has 160 valence electrons. The average molecular weight is 446 g/mol. The molecule has 3 N–H and O–H groups in total. The molecular weight excluding hydrogens is 419 g/mol. The second-order valence-electron chi connectivity index (χ2n) is 7.08. The Kier molecular flexibility index (Phi) is 10.5. The molecule has 1 aliphatic heterocycles. The minimum atomic E-state index is -0.619. The summed E-state index contributed by atoms with van der Waals surface area (Å²) in [7, 11) is 0. The molecule has 1 aliphatic rings. The van der Waals surface area contributed by atoms with Gasteiger partial charge in [-0.15, -0.1) is 24.8 Å². The lowest BCUT2D eigenvalue weighted by Crippen LogP contribution is -2.52. The predicted molar refractivity (Wildman–Crippen MR) is 115 cm³/mol. The van der Waals surface area contributed by atoms with Gasteiger partial charge in [-0.1, -0.05) is 36.4 Å². The molecule has 0 bridgehead atoms. The Morgan fingerprint density at radius 1 is 1.10 bits per heavy atom. The van der Waals surface area contributed by atoms with Gasteiger partial charge in [0.25, 0.3) is 0 Å². The minimum Gasteiger partial charge on any atom is -0.351 e. The number of amides is 1. The van der Waals surface area contributed by atoms with Gasteiger partial charge in [-0.05, 0) is 43.5 Å². The molecule has 0 aromatic heterocycles. The van der Waals surface area contributed by atoms with Crippen LogP contribution < -0.4 is 11.1 Å². The molecule has 2 aromatic carbocycles. The number of nitrogens with two attached hydrogens (primary N) is 1. The molecule has 2 atom stereocenters. The number of likely N-dealkylation sites (tertiary alicyclic amines) is 1. The Morgan fingerprint density at radius 2 is 1.76 bits per heavy atom. The maximum Gasteiger partial charge on any atom is 0.237 e. The Hall–Kier alpha value is -1.73. The van der Waals surface area contributed by atoms with Crippen LogP contribution in [0.4, 0.5) is 8.78 Å². The van der Waals surface area contributed by atoms with E-state index in [1.807, 2.05) is 35.2 Å². The first kappa shape index (κ1) is 25.3. The van der Waals surface area contributed by atoms with Gasteiger partial charge in [0.1, 0.15) is 11.6 Å². The van der Waals surface area contributed by atoms with Crippen LogP contribution in [0.1, 0.15) is 24.0 Å². The number of hydrogen-bond donors (Lipinski definition) is 2. The van der Waals surface area contributed by atoms with Crippen LogP contribution in [0, 0.1) is 11.6 Å². The molecule has 3 rings (SSSR count). The third-order valence-corrected chi connectivity index (χ3v) is 4.93. The van der Waals surface area contributed by atoms with Gasteiger partial charge in [-0.3, -0.25) is 9.69 Å². The van der Waals surface area contributed by atoms with E-state index in [9.17, 15) is 13.6 Å². The highest BCUT2D eigenvalue weighted by molar-refractivity contribution is 5.85. The molecule has 0 radical (unpaired) electrons. The molecule has 29 heavy (non-hydrogen) atoms. The molecule has 2 unspecified atom stereocenters. The Balaban J connectivity index is 0.00000210. The number of carbonyl (C=O) groups is 1. The lowest BCUT2D eigenvalue weighted by molar-refractivity contribution is -0.123. The predicted octanol–water partition coefficient (Wildman–Crippen LogP) is 3.46. The van der Waals surface area contributed by atoms with Gasteiger partial charge in [-0.25, -0.2) is 8.78 Å². The smallest absolute Gasteiger partial charge is 0.237 e. The van der Waals surface area contributed by atoms with Gasteiger partial charge in [-0.2, -0.15) is 0 Å². The highest BCUT2D eigenvalue weighted by Crippen LogP contribution is 2.18. The second kappa shape index (κ2) is 12.1. The van der Waals surface area contributed by atoms with E-state index in [2.05, 4.69) is 5.32 Å². The van der Waals surface area contributed by atoms with E-state index in [-0.39, 0.29) is 48.9 Å². The summed E-state index contributed by atoms with van der Waals surface area (Å²) in [6.45, 7) is 1.49. The molecule has 1 saturated heterocycles. The zero-order valence-electron chi connectivity index (χ0n) is 16.0. The number of benzene rings is 2. The molecule has 0 saturated carbocycles. The van der Waals surface area contributed by atoms with E-state index in [0.717, 1.165) is 24.9 Å². The van der Waals surface area contributed by atoms with Crippen LogP contribution in [0.5, 0.6) is 0 Å². The number of hydrogen-bond acceptors (Lipinski definition) is 3. The standard InChI is InChI=1S/C21H25F2N3O.2ClH/c22-18-9-4-10-19(23)17(18)14-26-11-5-8-16(13-26)25-21(27)20(24)12-15-6-2-1-3-7-15;;/h1-4,6-7,9-10,16,20H,5,8,11-14,24H2,(H,25,27);2*1H. The lowest BCUT2D eigenvalue weighted by atomic mass is 10.0. The van der Waals surface area contributed by atoms with Crippen molar-refractivity contribution in [3.05, 3.63) is 71.3 Å². The van der Waals surface area contributed by atoms with Crippen molar-refractivity contribution < 1.29 is 13.6 Å². The van der Waals surface area contributed by atoms with Crippen molar-refractivity contribution in [1.29, 1.82) is 0 Å².